The molecule has 118 valence electrons. The SMILES string of the molecule is Cc1cc(OC2OC(C)C(O)C(O)C2O)c(C)c(O)c1C. The summed E-state index contributed by atoms with van der Waals surface area (Å²) in [7, 11) is 0. The summed E-state index contributed by atoms with van der Waals surface area (Å²) in [6.07, 6.45) is -5.68. The topological polar surface area (TPSA) is 99.4 Å². The third kappa shape index (κ3) is 2.85. The van der Waals surface area contributed by atoms with Crippen LogP contribution in [0.1, 0.15) is 23.6 Å². The van der Waals surface area contributed by atoms with Crippen LogP contribution in [0.3, 0.4) is 0 Å². The summed E-state index contributed by atoms with van der Waals surface area (Å²) in [6, 6.07) is 1.74. The van der Waals surface area contributed by atoms with E-state index in [1.54, 1.807) is 26.8 Å². The van der Waals surface area contributed by atoms with Crippen LogP contribution in [0.15, 0.2) is 6.07 Å². The van der Waals surface area contributed by atoms with Crippen molar-refractivity contribution in [2.45, 2.75) is 58.4 Å². The van der Waals surface area contributed by atoms with Crippen molar-refractivity contribution in [2.24, 2.45) is 0 Å². The van der Waals surface area contributed by atoms with Gasteiger partial charge < -0.3 is 29.9 Å². The van der Waals surface area contributed by atoms with Gasteiger partial charge in [-0.1, -0.05) is 0 Å². The number of benzene rings is 1. The number of aryl methyl sites for hydroxylation is 1. The van der Waals surface area contributed by atoms with Crippen LogP contribution >= 0.6 is 0 Å². The zero-order valence-corrected chi connectivity index (χ0v) is 12.6. The minimum absolute atomic E-state index is 0.129. The Labute approximate surface area is 123 Å². The molecule has 0 spiro atoms. The Morgan fingerprint density at radius 2 is 1.62 bits per heavy atom. The van der Waals surface area contributed by atoms with E-state index in [-0.39, 0.29) is 5.75 Å². The Morgan fingerprint density at radius 3 is 2.24 bits per heavy atom. The lowest BCUT2D eigenvalue weighted by Gasteiger charge is -2.39. The Kier molecular flexibility index (Phi) is 4.43. The predicted octanol–water partition coefficient (Wildman–Crippen LogP) is 0.524. The molecule has 0 amide bonds. The lowest BCUT2D eigenvalue weighted by atomic mass is 10.00. The van der Waals surface area contributed by atoms with Crippen molar-refractivity contribution in [1.29, 1.82) is 0 Å². The van der Waals surface area contributed by atoms with E-state index in [9.17, 15) is 20.4 Å². The maximum atomic E-state index is 10.0. The molecule has 5 unspecified atom stereocenters. The molecule has 0 aromatic heterocycles. The number of rotatable bonds is 2. The number of aliphatic hydroxyl groups is 3. The molecule has 0 aliphatic carbocycles. The molecule has 6 nitrogen and oxygen atoms in total. The first-order valence-electron chi connectivity index (χ1n) is 6.90. The highest BCUT2D eigenvalue weighted by Crippen LogP contribution is 2.34. The summed E-state index contributed by atoms with van der Waals surface area (Å²) >= 11 is 0. The van der Waals surface area contributed by atoms with Gasteiger partial charge in [-0.25, -0.2) is 0 Å². The van der Waals surface area contributed by atoms with E-state index >= 15 is 0 Å². The lowest BCUT2D eigenvalue weighted by molar-refractivity contribution is -0.268. The van der Waals surface area contributed by atoms with E-state index in [0.717, 1.165) is 11.1 Å². The van der Waals surface area contributed by atoms with Crippen molar-refractivity contribution >= 4 is 0 Å². The Balaban J connectivity index is 2.26. The summed E-state index contributed by atoms with van der Waals surface area (Å²) in [4.78, 5) is 0. The first-order valence-corrected chi connectivity index (χ1v) is 6.90. The van der Waals surface area contributed by atoms with E-state index < -0.39 is 30.7 Å². The molecule has 0 bridgehead atoms. The van der Waals surface area contributed by atoms with Gasteiger partial charge in [0.05, 0.1) is 6.10 Å². The molecule has 1 heterocycles. The number of aromatic hydroxyl groups is 1. The summed E-state index contributed by atoms with van der Waals surface area (Å²) in [5, 5.41) is 39.4. The number of hydrogen-bond donors (Lipinski definition) is 4. The second-order valence-corrected chi connectivity index (χ2v) is 5.59. The molecule has 1 saturated heterocycles. The standard InChI is InChI=1S/C15H22O6/c1-6-5-10(8(3)11(16)7(6)2)21-15-14(19)13(18)12(17)9(4)20-15/h5,9,12-19H,1-4H3. The van der Waals surface area contributed by atoms with Crippen molar-refractivity contribution in [1.82, 2.24) is 0 Å². The molecule has 1 aliphatic rings. The third-order valence-electron chi connectivity index (χ3n) is 4.07. The van der Waals surface area contributed by atoms with Gasteiger partial charge in [0.15, 0.2) is 0 Å². The zero-order chi connectivity index (χ0) is 15.9. The van der Waals surface area contributed by atoms with Gasteiger partial charge in [-0.05, 0) is 44.9 Å². The van der Waals surface area contributed by atoms with Gasteiger partial charge in [0.25, 0.3) is 0 Å². The molecule has 6 heteroatoms. The van der Waals surface area contributed by atoms with Gasteiger partial charge in [-0.3, -0.25) is 0 Å². The molecule has 21 heavy (non-hydrogen) atoms. The van der Waals surface area contributed by atoms with Crippen molar-refractivity contribution in [3.8, 4) is 11.5 Å². The van der Waals surface area contributed by atoms with Gasteiger partial charge in [-0.15, -0.1) is 0 Å². The average Bonchev–Trinajstić information content (AvgIpc) is 2.45. The minimum atomic E-state index is -1.38. The molecule has 1 aromatic rings. The summed E-state index contributed by atoms with van der Waals surface area (Å²) < 4.78 is 11.0. The second-order valence-electron chi connectivity index (χ2n) is 5.59. The smallest absolute Gasteiger partial charge is 0.229 e. The normalized spacial score (nSPS) is 33.0. The summed E-state index contributed by atoms with van der Waals surface area (Å²) in [5.41, 5.74) is 2.13. The van der Waals surface area contributed by atoms with Crippen LogP contribution in [0.4, 0.5) is 0 Å². The largest absolute Gasteiger partial charge is 0.507 e. The van der Waals surface area contributed by atoms with E-state index in [1.165, 1.54) is 0 Å². The fourth-order valence-corrected chi connectivity index (χ4v) is 2.36. The number of ether oxygens (including phenoxy) is 2. The van der Waals surface area contributed by atoms with Gasteiger partial charge in [0.2, 0.25) is 6.29 Å². The van der Waals surface area contributed by atoms with Gasteiger partial charge in [-0.2, -0.15) is 0 Å². The highest BCUT2D eigenvalue weighted by molar-refractivity contribution is 5.51. The van der Waals surface area contributed by atoms with Crippen molar-refractivity contribution in [3.05, 3.63) is 22.8 Å². The first-order chi connectivity index (χ1) is 9.73. The van der Waals surface area contributed by atoms with E-state index in [2.05, 4.69) is 0 Å². The lowest BCUT2D eigenvalue weighted by Crippen LogP contribution is -2.58. The van der Waals surface area contributed by atoms with Crippen LogP contribution in [0.25, 0.3) is 0 Å². The van der Waals surface area contributed by atoms with Crippen molar-refractivity contribution in [3.63, 3.8) is 0 Å². The average molecular weight is 298 g/mol. The summed E-state index contributed by atoms with van der Waals surface area (Å²) in [6.45, 7) is 6.91. The maximum absolute atomic E-state index is 10.0. The Morgan fingerprint density at radius 1 is 1.00 bits per heavy atom. The predicted molar refractivity (Wildman–Crippen MR) is 75.3 cm³/mol. The molecule has 1 fully saturated rings. The number of phenolic OH excluding ortho intramolecular Hbond substituents is 1. The Hall–Kier alpha value is -1.34. The molecule has 1 aliphatic heterocycles. The minimum Gasteiger partial charge on any atom is -0.507 e. The second kappa shape index (κ2) is 5.81. The molecular weight excluding hydrogens is 276 g/mol. The first kappa shape index (κ1) is 16.0. The number of phenols is 1. The summed E-state index contributed by atoms with van der Waals surface area (Å²) in [5.74, 6) is 0.499. The van der Waals surface area contributed by atoms with Crippen LogP contribution in [0.2, 0.25) is 0 Å². The maximum Gasteiger partial charge on any atom is 0.229 e. The van der Waals surface area contributed by atoms with Crippen LogP contribution in [0, 0.1) is 20.8 Å². The fourth-order valence-electron chi connectivity index (χ4n) is 2.36. The molecule has 2 rings (SSSR count). The third-order valence-corrected chi connectivity index (χ3v) is 4.07. The van der Waals surface area contributed by atoms with E-state index in [0.29, 0.717) is 11.3 Å². The molecule has 0 radical (unpaired) electrons. The molecule has 4 N–H and O–H groups in total. The highest BCUT2D eigenvalue weighted by atomic mass is 16.7. The van der Waals surface area contributed by atoms with Crippen molar-refractivity contribution in [2.75, 3.05) is 0 Å². The quantitative estimate of drug-likeness (QED) is 0.635. The van der Waals surface area contributed by atoms with Gasteiger partial charge in [0.1, 0.15) is 29.8 Å². The van der Waals surface area contributed by atoms with Crippen LogP contribution < -0.4 is 4.74 Å². The molecular formula is C15H22O6. The molecule has 1 aromatic carbocycles. The number of hydrogen-bond acceptors (Lipinski definition) is 6. The van der Waals surface area contributed by atoms with Crippen LogP contribution in [-0.4, -0.2) is 51.1 Å². The van der Waals surface area contributed by atoms with E-state index in [4.69, 9.17) is 9.47 Å². The van der Waals surface area contributed by atoms with Gasteiger partial charge >= 0.3 is 0 Å². The molecule has 0 saturated carbocycles. The monoisotopic (exact) mass is 298 g/mol. The number of aliphatic hydroxyl groups excluding tert-OH is 3. The van der Waals surface area contributed by atoms with Crippen molar-refractivity contribution < 1.29 is 29.9 Å². The van der Waals surface area contributed by atoms with Crippen LogP contribution in [-0.2, 0) is 4.74 Å². The fraction of sp³-hybridized carbons (Fsp3) is 0.600. The highest BCUT2D eigenvalue weighted by Gasteiger charge is 2.43. The van der Waals surface area contributed by atoms with Gasteiger partial charge in [0, 0.05) is 5.56 Å². The Bertz CT molecular complexity index is 529. The van der Waals surface area contributed by atoms with Crippen LogP contribution in [0.5, 0.6) is 11.5 Å². The molecule has 5 atom stereocenters. The van der Waals surface area contributed by atoms with E-state index in [1.807, 2.05) is 6.92 Å². The zero-order valence-electron chi connectivity index (χ0n) is 12.6.